The van der Waals surface area contributed by atoms with E-state index in [9.17, 15) is 4.79 Å². The van der Waals surface area contributed by atoms with Crippen molar-refractivity contribution in [3.8, 4) is 0 Å². The van der Waals surface area contributed by atoms with E-state index in [1.165, 1.54) is 11.3 Å². The van der Waals surface area contributed by atoms with Crippen LogP contribution in [0, 0.1) is 0 Å². The highest BCUT2D eigenvalue weighted by Gasteiger charge is 2.31. The monoisotopic (exact) mass is 301 g/mol. The first-order valence-electron chi connectivity index (χ1n) is 4.33. The molecule has 1 amide bonds. The van der Waals surface area contributed by atoms with E-state index in [1.807, 2.05) is 20.8 Å². The van der Waals surface area contributed by atoms with Crippen LogP contribution in [0.4, 0.5) is 5.13 Å². The molecule has 4 nitrogen and oxygen atoms in total. The number of aromatic nitrogens is 2. The molecule has 0 bridgehead atoms. The van der Waals surface area contributed by atoms with Gasteiger partial charge in [0, 0.05) is 5.41 Å². The van der Waals surface area contributed by atoms with Gasteiger partial charge >= 0.3 is 0 Å². The first kappa shape index (κ1) is 14.0. The average Bonchev–Trinajstić information content (AvgIpc) is 2.49. The molecule has 0 unspecified atom stereocenters. The van der Waals surface area contributed by atoms with Crippen LogP contribution in [0.5, 0.6) is 0 Å². The maximum absolute atomic E-state index is 11.3. The van der Waals surface area contributed by atoms with Gasteiger partial charge in [-0.05, 0) is 0 Å². The molecule has 0 radical (unpaired) electrons. The quantitative estimate of drug-likeness (QED) is 0.811. The maximum Gasteiger partial charge on any atom is 0.278 e. The Morgan fingerprint density at radius 1 is 1.25 bits per heavy atom. The number of halogens is 3. The van der Waals surface area contributed by atoms with Gasteiger partial charge < -0.3 is 0 Å². The number of hydrogen-bond donors (Lipinski definition) is 1. The summed E-state index contributed by atoms with van der Waals surface area (Å²) in [6, 6.07) is 0. The van der Waals surface area contributed by atoms with Crippen LogP contribution >= 0.6 is 46.1 Å². The molecule has 1 N–H and O–H groups in total. The number of nitrogens with zero attached hydrogens (tertiary/aromatic N) is 2. The van der Waals surface area contributed by atoms with E-state index in [1.54, 1.807) is 0 Å². The van der Waals surface area contributed by atoms with Crippen molar-refractivity contribution in [2.24, 2.45) is 0 Å². The summed E-state index contributed by atoms with van der Waals surface area (Å²) in [6.07, 6.45) is 0. The Morgan fingerprint density at radius 3 is 2.19 bits per heavy atom. The Kier molecular flexibility index (Phi) is 4.05. The highest BCUT2D eigenvalue weighted by atomic mass is 35.6. The molecule has 0 aromatic carbocycles. The normalized spacial score (nSPS) is 12.6. The summed E-state index contributed by atoms with van der Waals surface area (Å²) in [4.78, 5) is 11.3. The maximum atomic E-state index is 11.3. The summed E-state index contributed by atoms with van der Waals surface area (Å²) in [7, 11) is 0. The molecule has 1 aromatic heterocycles. The van der Waals surface area contributed by atoms with Crippen molar-refractivity contribution in [3.63, 3.8) is 0 Å². The minimum absolute atomic E-state index is 0.124. The molecule has 0 spiro atoms. The lowest BCUT2D eigenvalue weighted by Gasteiger charge is -2.12. The molecule has 0 aliphatic heterocycles. The number of carbonyl (C=O) groups excluding carboxylic acids is 1. The smallest absolute Gasteiger partial charge is 0.278 e. The van der Waals surface area contributed by atoms with Gasteiger partial charge in [0.2, 0.25) is 5.13 Å². The average molecular weight is 303 g/mol. The molecule has 90 valence electrons. The number of amides is 1. The van der Waals surface area contributed by atoms with Crippen molar-refractivity contribution < 1.29 is 4.79 Å². The lowest BCUT2D eigenvalue weighted by Crippen LogP contribution is -2.26. The van der Waals surface area contributed by atoms with Gasteiger partial charge in [-0.25, -0.2) is 0 Å². The van der Waals surface area contributed by atoms with Gasteiger partial charge in [0.05, 0.1) is 0 Å². The number of alkyl halides is 3. The summed E-state index contributed by atoms with van der Waals surface area (Å²) >= 11 is 17.5. The van der Waals surface area contributed by atoms with E-state index < -0.39 is 9.70 Å². The van der Waals surface area contributed by atoms with E-state index in [0.29, 0.717) is 5.13 Å². The predicted molar refractivity (Wildman–Crippen MR) is 67.5 cm³/mol. The van der Waals surface area contributed by atoms with E-state index in [4.69, 9.17) is 34.8 Å². The van der Waals surface area contributed by atoms with Crippen molar-refractivity contribution in [1.82, 2.24) is 10.2 Å². The highest BCUT2D eigenvalue weighted by Crippen LogP contribution is 2.31. The zero-order valence-electron chi connectivity index (χ0n) is 8.84. The number of anilines is 1. The Balaban J connectivity index is 2.78. The number of rotatable bonds is 1. The molecule has 0 fully saturated rings. The van der Waals surface area contributed by atoms with Crippen LogP contribution in [0.3, 0.4) is 0 Å². The van der Waals surface area contributed by atoms with Crippen molar-refractivity contribution in [3.05, 3.63) is 5.01 Å². The second-order valence-electron chi connectivity index (χ2n) is 4.11. The van der Waals surface area contributed by atoms with Gasteiger partial charge in [0.1, 0.15) is 5.01 Å². The Bertz CT molecular complexity index is 394. The van der Waals surface area contributed by atoms with Crippen molar-refractivity contribution in [1.29, 1.82) is 0 Å². The molecule has 0 aliphatic rings. The summed E-state index contributed by atoms with van der Waals surface area (Å²) in [6.45, 7) is 5.98. The van der Waals surface area contributed by atoms with E-state index in [0.717, 1.165) is 5.01 Å². The summed E-state index contributed by atoms with van der Waals surface area (Å²) in [5.74, 6) is -0.742. The zero-order chi connectivity index (χ0) is 12.6. The van der Waals surface area contributed by atoms with Crippen molar-refractivity contribution >= 4 is 57.2 Å². The minimum atomic E-state index is -1.99. The number of hydrogen-bond acceptors (Lipinski definition) is 4. The zero-order valence-corrected chi connectivity index (χ0v) is 11.9. The molecule has 0 saturated carbocycles. The van der Waals surface area contributed by atoms with Gasteiger partial charge in [0.25, 0.3) is 9.70 Å². The third-order valence-corrected chi connectivity index (χ3v) is 3.32. The third-order valence-electron chi connectivity index (χ3n) is 1.54. The largest absolute Gasteiger partial charge is 0.297 e. The molecule has 0 atom stereocenters. The molecule has 1 aromatic rings. The third kappa shape index (κ3) is 3.73. The topological polar surface area (TPSA) is 54.9 Å². The standard InChI is InChI=1S/C8H10Cl3N3OS/c1-7(2,3)5-13-14-6(16-5)12-4(15)8(9,10)11/h1-3H3,(H,12,14,15). The van der Waals surface area contributed by atoms with Crippen LogP contribution < -0.4 is 5.32 Å². The fourth-order valence-corrected chi connectivity index (χ4v) is 1.68. The fraction of sp³-hybridized carbons (Fsp3) is 0.625. The van der Waals surface area contributed by atoms with Crippen LogP contribution in [0.15, 0.2) is 0 Å². The van der Waals surface area contributed by atoms with E-state index in [-0.39, 0.29) is 5.41 Å². The first-order valence-corrected chi connectivity index (χ1v) is 6.28. The predicted octanol–water partition coefficient (Wildman–Crippen LogP) is 3.14. The van der Waals surface area contributed by atoms with E-state index in [2.05, 4.69) is 15.5 Å². The summed E-state index contributed by atoms with van der Waals surface area (Å²) in [5, 5.41) is 11.2. The van der Waals surface area contributed by atoms with Crippen molar-refractivity contribution in [2.45, 2.75) is 30.0 Å². The molecule has 8 heteroatoms. The van der Waals surface area contributed by atoms with Gasteiger partial charge in [-0.15, -0.1) is 10.2 Å². The summed E-state index contributed by atoms with van der Waals surface area (Å²) in [5.41, 5.74) is -0.124. The lowest BCUT2D eigenvalue weighted by molar-refractivity contribution is -0.115. The van der Waals surface area contributed by atoms with Gasteiger partial charge in [0.15, 0.2) is 0 Å². The van der Waals surface area contributed by atoms with Crippen LogP contribution in [0.2, 0.25) is 0 Å². The van der Waals surface area contributed by atoms with E-state index >= 15 is 0 Å². The first-order chi connectivity index (χ1) is 7.10. The molecule has 1 heterocycles. The second-order valence-corrected chi connectivity index (χ2v) is 7.37. The molecule has 0 aliphatic carbocycles. The van der Waals surface area contributed by atoms with Crippen LogP contribution in [-0.2, 0) is 10.2 Å². The summed E-state index contributed by atoms with van der Waals surface area (Å²) < 4.78 is -1.99. The second kappa shape index (κ2) is 4.64. The minimum Gasteiger partial charge on any atom is -0.297 e. The van der Waals surface area contributed by atoms with Crippen LogP contribution in [0.1, 0.15) is 25.8 Å². The molecule has 0 saturated heterocycles. The molecule has 1 rings (SSSR count). The SMILES string of the molecule is CC(C)(C)c1nnc(NC(=O)C(Cl)(Cl)Cl)s1. The molecule has 16 heavy (non-hydrogen) atoms. The van der Waals surface area contributed by atoms with Crippen LogP contribution in [0.25, 0.3) is 0 Å². The van der Waals surface area contributed by atoms with Crippen molar-refractivity contribution in [2.75, 3.05) is 5.32 Å². The fourth-order valence-electron chi connectivity index (χ4n) is 0.745. The number of carbonyl (C=O) groups is 1. The Morgan fingerprint density at radius 2 is 1.81 bits per heavy atom. The Hall–Kier alpha value is -0.100. The molecular formula is C8H10Cl3N3OS. The van der Waals surface area contributed by atoms with Gasteiger partial charge in [-0.1, -0.05) is 66.9 Å². The highest BCUT2D eigenvalue weighted by molar-refractivity contribution is 7.15. The lowest BCUT2D eigenvalue weighted by atomic mass is 9.98. The van der Waals surface area contributed by atoms with Gasteiger partial charge in [-0.2, -0.15) is 0 Å². The van der Waals surface area contributed by atoms with Crippen LogP contribution in [-0.4, -0.2) is 19.9 Å². The molecular weight excluding hydrogens is 293 g/mol. The number of nitrogens with one attached hydrogen (secondary N) is 1. The Labute approximate surface area is 112 Å². The van der Waals surface area contributed by atoms with Gasteiger partial charge in [-0.3, -0.25) is 10.1 Å².